The SMILES string of the molecule is CCCCCOCNc1ccc(S(=O)(=O)Nc2c(Cl)cccc2Cl)cc1. The Hall–Kier alpha value is -1.47. The maximum absolute atomic E-state index is 12.5. The quantitative estimate of drug-likeness (QED) is 0.403. The monoisotopic (exact) mass is 416 g/mol. The Bertz CT molecular complexity index is 791. The molecule has 0 aliphatic carbocycles. The number of hydrogen-bond donors (Lipinski definition) is 2. The molecule has 0 fully saturated rings. The standard InChI is InChI=1S/C18H22Cl2N2O3S/c1-2-3-4-12-25-13-21-14-8-10-15(11-9-14)26(23,24)22-18-16(19)6-5-7-17(18)20/h5-11,21-22H,2-4,12-13H2,1H3. The Morgan fingerprint density at radius 2 is 1.65 bits per heavy atom. The van der Waals surface area contributed by atoms with Crippen molar-refractivity contribution in [3.63, 3.8) is 0 Å². The Kier molecular flexibility index (Phi) is 8.03. The Balaban J connectivity index is 1.96. The Morgan fingerprint density at radius 1 is 1.00 bits per heavy atom. The molecule has 2 aromatic rings. The number of ether oxygens (including phenoxy) is 1. The van der Waals surface area contributed by atoms with Gasteiger partial charge in [0.25, 0.3) is 10.0 Å². The molecule has 8 heteroatoms. The summed E-state index contributed by atoms with van der Waals surface area (Å²) in [5, 5.41) is 3.56. The smallest absolute Gasteiger partial charge is 0.261 e. The van der Waals surface area contributed by atoms with Gasteiger partial charge in [0.15, 0.2) is 0 Å². The van der Waals surface area contributed by atoms with Gasteiger partial charge in [0.2, 0.25) is 0 Å². The van der Waals surface area contributed by atoms with Crippen LogP contribution in [0.25, 0.3) is 0 Å². The summed E-state index contributed by atoms with van der Waals surface area (Å²) in [6.45, 7) is 3.22. The molecule has 0 bridgehead atoms. The minimum atomic E-state index is -3.79. The summed E-state index contributed by atoms with van der Waals surface area (Å²) in [6.07, 6.45) is 3.33. The van der Waals surface area contributed by atoms with E-state index >= 15 is 0 Å². The largest absolute Gasteiger partial charge is 0.363 e. The lowest BCUT2D eigenvalue weighted by Gasteiger charge is -2.12. The van der Waals surface area contributed by atoms with E-state index in [0.717, 1.165) is 24.9 Å². The van der Waals surface area contributed by atoms with Crippen molar-refractivity contribution in [1.82, 2.24) is 0 Å². The van der Waals surface area contributed by atoms with Gasteiger partial charge in [0.1, 0.15) is 6.73 Å². The van der Waals surface area contributed by atoms with Crippen molar-refractivity contribution in [1.29, 1.82) is 0 Å². The highest BCUT2D eigenvalue weighted by Crippen LogP contribution is 2.31. The van der Waals surface area contributed by atoms with Crippen molar-refractivity contribution < 1.29 is 13.2 Å². The molecule has 0 saturated carbocycles. The zero-order valence-electron chi connectivity index (χ0n) is 14.5. The number of unbranched alkanes of at least 4 members (excludes halogenated alkanes) is 2. The minimum Gasteiger partial charge on any atom is -0.363 e. The number of anilines is 2. The van der Waals surface area contributed by atoms with E-state index in [9.17, 15) is 8.42 Å². The topological polar surface area (TPSA) is 67.4 Å². The minimum absolute atomic E-state index is 0.114. The molecule has 0 aliphatic rings. The predicted octanol–water partition coefficient (Wildman–Crippen LogP) is 5.37. The second-order valence-electron chi connectivity index (χ2n) is 5.66. The van der Waals surface area contributed by atoms with Crippen LogP contribution in [-0.4, -0.2) is 21.8 Å². The third-order valence-corrected chi connectivity index (χ3v) is 5.63. The number of hydrogen-bond acceptors (Lipinski definition) is 4. The number of halogens is 2. The van der Waals surface area contributed by atoms with Crippen LogP contribution < -0.4 is 10.0 Å². The van der Waals surface area contributed by atoms with Crippen molar-refractivity contribution in [3.05, 3.63) is 52.5 Å². The van der Waals surface area contributed by atoms with Gasteiger partial charge in [-0.1, -0.05) is 49.0 Å². The van der Waals surface area contributed by atoms with Crippen LogP contribution in [0, 0.1) is 0 Å². The molecule has 2 N–H and O–H groups in total. The molecule has 0 aromatic heterocycles. The molecule has 2 rings (SSSR count). The zero-order valence-corrected chi connectivity index (χ0v) is 16.8. The van der Waals surface area contributed by atoms with E-state index in [0.29, 0.717) is 13.3 Å². The lowest BCUT2D eigenvalue weighted by atomic mass is 10.3. The van der Waals surface area contributed by atoms with E-state index in [1.807, 2.05) is 0 Å². The molecular formula is C18H22Cl2N2O3S. The molecular weight excluding hydrogens is 395 g/mol. The van der Waals surface area contributed by atoms with Gasteiger partial charge < -0.3 is 10.1 Å². The van der Waals surface area contributed by atoms with Gasteiger partial charge in [-0.3, -0.25) is 4.72 Å². The molecule has 26 heavy (non-hydrogen) atoms. The molecule has 2 aromatic carbocycles. The first-order chi connectivity index (χ1) is 12.4. The molecule has 0 heterocycles. The van der Waals surface area contributed by atoms with Crippen molar-refractivity contribution in [2.24, 2.45) is 0 Å². The van der Waals surface area contributed by atoms with Crippen molar-refractivity contribution in [2.75, 3.05) is 23.4 Å². The third-order valence-electron chi connectivity index (χ3n) is 3.63. The summed E-state index contributed by atoms with van der Waals surface area (Å²) in [7, 11) is -3.79. The van der Waals surface area contributed by atoms with Crippen LogP contribution in [0.15, 0.2) is 47.4 Å². The molecule has 5 nitrogen and oxygen atoms in total. The van der Waals surface area contributed by atoms with Crippen molar-refractivity contribution >= 4 is 44.6 Å². The number of nitrogens with one attached hydrogen (secondary N) is 2. The summed E-state index contributed by atoms with van der Waals surface area (Å²) in [5.74, 6) is 0. The molecule has 0 unspecified atom stereocenters. The van der Waals surface area contributed by atoms with Gasteiger partial charge in [-0.15, -0.1) is 0 Å². The molecule has 0 amide bonds. The van der Waals surface area contributed by atoms with Gasteiger partial charge in [0.05, 0.1) is 20.6 Å². The van der Waals surface area contributed by atoms with Crippen LogP contribution in [-0.2, 0) is 14.8 Å². The Labute approximate surface area is 164 Å². The van der Waals surface area contributed by atoms with Crippen LogP contribution in [0.4, 0.5) is 11.4 Å². The van der Waals surface area contributed by atoms with Crippen LogP contribution in [0.1, 0.15) is 26.2 Å². The fourth-order valence-corrected chi connectivity index (χ4v) is 3.91. The lowest BCUT2D eigenvalue weighted by molar-refractivity contribution is 0.148. The van der Waals surface area contributed by atoms with Gasteiger partial charge in [-0.2, -0.15) is 0 Å². The fourth-order valence-electron chi connectivity index (χ4n) is 2.20. The summed E-state index contributed by atoms with van der Waals surface area (Å²) in [6, 6.07) is 11.2. The van der Waals surface area contributed by atoms with Crippen LogP contribution >= 0.6 is 23.2 Å². The summed E-state index contributed by atoms with van der Waals surface area (Å²) >= 11 is 12.0. The molecule has 142 valence electrons. The van der Waals surface area contributed by atoms with Crippen LogP contribution in [0.3, 0.4) is 0 Å². The highest BCUT2D eigenvalue weighted by Gasteiger charge is 2.17. The molecule has 0 spiro atoms. The normalized spacial score (nSPS) is 11.3. The summed E-state index contributed by atoms with van der Waals surface area (Å²) < 4.78 is 32.9. The maximum atomic E-state index is 12.5. The van der Waals surface area contributed by atoms with Crippen molar-refractivity contribution in [3.8, 4) is 0 Å². The lowest BCUT2D eigenvalue weighted by Crippen LogP contribution is -2.14. The number of sulfonamides is 1. The highest BCUT2D eigenvalue weighted by molar-refractivity contribution is 7.92. The number of para-hydroxylation sites is 1. The summed E-state index contributed by atoms with van der Waals surface area (Å²) in [5.41, 5.74) is 0.939. The van der Waals surface area contributed by atoms with Crippen molar-refractivity contribution in [2.45, 2.75) is 31.1 Å². The first-order valence-corrected chi connectivity index (χ1v) is 10.6. The van der Waals surface area contributed by atoms with Gasteiger partial charge in [-0.05, 0) is 42.8 Å². The average molecular weight is 417 g/mol. The average Bonchev–Trinajstić information content (AvgIpc) is 2.62. The molecule has 0 radical (unpaired) electrons. The number of rotatable bonds is 10. The maximum Gasteiger partial charge on any atom is 0.261 e. The molecule has 0 saturated heterocycles. The first kappa shape index (κ1) is 20.8. The third kappa shape index (κ3) is 6.06. The second kappa shape index (κ2) is 10.0. The van der Waals surface area contributed by atoms with E-state index in [1.165, 1.54) is 12.1 Å². The zero-order chi connectivity index (χ0) is 19.0. The fraction of sp³-hybridized carbons (Fsp3) is 0.333. The van der Waals surface area contributed by atoms with E-state index in [4.69, 9.17) is 27.9 Å². The van der Waals surface area contributed by atoms with E-state index in [1.54, 1.807) is 30.3 Å². The summed E-state index contributed by atoms with van der Waals surface area (Å²) in [4.78, 5) is 0.114. The second-order valence-corrected chi connectivity index (χ2v) is 8.16. The van der Waals surface area contributed by atoms with Gasteiger partial charge in [0, 0.05) is 12.3 Å². The Morgan fingerprint density at radius 3 is 2.27 bits per heavy atom. The van der Waals surface area contributed by atoms with E-state index < -0.39 is 10.0 Å². The molecule has 0 aliphatic heterocycles. The molecule has 0 atom stereocenters. The number of benzene rings is 2. The van der Waals surface area contributed by atoms with E-state index in [2.05, 4.69) is 17.0 Å². The van der Waals surface area contributed by atoms with Crippen LogP contribution in [0.2, 0.25) is 10.0 Å². The highest BCUT2D eigenvalue weighted by atomic mass is 35.5. The predicted molar refractivity (Wildman–Crippen MR) is 108 cm³/mol. The van der Waals surface area contributed by atoms with Gasteiger partial charge >= 0.3 is 0 Å². The van der Waals surface area contributed by atoms with E-state index in [-0.39, 0.29) is 20.6 Å². The van der Waals surface area contributed by atoms with Gasteiger partial charge in [-0.25, -0.2) is 8.42 Å². The van der Waals surface area contributed by atoms with Crippen LogP contribution in [0.5, 0.6) is 0 Å². The first-order valence-electron chi connectivity index (χ1n) is 8.32.